The van der Waals surface area contributed by atoms with Gasteiger partial charge in [-0.05, 0) is 34.5 Å². The van der Waals surface area contributed by atoms with Crippen LogP contribution in [0.2, 0.25) is 0 Å². The second kappa shape index (κ2) is 4.77. The van der Waals surface area contributed by atoms with E-state index in [1.54, 1.807) is 17.5 Å². The van der Waals surface area contributed by atoms with Gasteiger partial charge in [0.15, 0.2) is 0 Å². The molecule has 0 bridgehead atoms. The van der Waals surface area contributed by atoms with E-state index in [1.165, 1.54) is 0 Å². The van der Waals surface area contributed by atoms with Crippen LogP contribution in [-0.4, -0.2) is 4.98 Å². The number of hydrogen-bond donors (Lipinski definition) is 0. The number of rotatable bonds is 3. The maximum Gasteiger partial charge on any atom is 0.140 e. The van der Waals surface area contributed by atoms with Gasteiger partial charge < -0.3 is 4.74 Å². The van der Waals surface area contributed by atoms with Crippen molar-refractivity contribution in [1.29, 1.82) is 0 Å². The van der Waals surface area contributed by atoms with Crippen molar-refractivity contribution in [2.24, 2.45) is 0 Å². The molecule has 1 aromatic carbocycles. The first-order chi connectivity index (χ1) is 7.25. The fourth-order valence-electron chi connectivity index (χ4n) is 1.21. The highest BCUT2D eigenvalue weighted by atomic mass is 79.9. The van der Waals surface area contributed by atoms with Crippen molar-refractivity contribution in [2.45, 2.75) is 13.5 Å². The Kier molecular flexibility index (Phi) is 3.38. The number of thiazole rings is 1. The minimum atomic E-state index is 0.529. The third kappa shape index (κ3) is 2.79. The lowest BCUT2D eigenvalue weighted by molar-refractivity contribution is 0.303. The van der Waals surface area contributed by atoms with Gasteiger partial charge in [0, 0.05) is 0 Å². The van der Waals surface area contributed by atoms with Crippen LogP contribution >= 0.6 is 27.3 Å². The van der Waals surface area contributed by atoms with Crippen LogP contribution in [0, 0.1) is 6.92 Å². The summed E-state index contributed by atoms with van der Waals surface area (Å²) in [5.74, 6) is 0.920. The first kappa shape index (κ1) is 10.6. The van der Waals surface area contributed by atoms with Gasteiger partial charge in [-0.3, -0.25) is 0 Å². The Bertz CT molecular complexity index is 455. The smallest absolute Gasteiger partial charge is 0.140 e. The number of benzene rings is 1. The summed E-state index contributed by atoms with van der Waals surface area (Å²) in [6, 6.07) is 7.98. The van der Waals surface area contributed by atoms with Crippen LogP contribution in [0.4, 0.5) is 0 Å². The predicted octanol–water partition coefficient (Wildman–Crippen LogP) is 3.79. The summed E-state index contributed by atoms with van der Waals surface area (Å²) in [7, 11) is 0. The van der Waals surface area contributed by atoms with Gasteiger partial charge in [-0.25, -0.2) is 4.98 Å². The zero-order valence-corrected chi connectivity index (χ0v) is 10.6. The number of halogens is 1. The summed E-state index contributed by atoms with van der Waals surface area (Å²) < 4.78 is 6.70. The first-order valence-corrected chi connectivity index (χ1v) is 6.15. The molecule has 15 heavy (non-hydrogen) atoms. The molecule has 0 aliphatic rings. The highest BCUT2D eigenvalue weighted by Gasteiger charge is 2.02. The van der Waals surface area contributed by atoms with Gasteiger partial charge in [0.05, 0.1) is 9.98 Å². The van der Waals surface area contributed by atoms with Crippen LogP contribution in [0.3, 0.4) is 0 Å². The molecule has 2 rings (SSSR count). The normalized spacial score (nSPS) is 10.3. The molecule has 1 aromatic heterocycles. The number of nitrogens with zero attached hydrogens (tertiary/aromatic N) is 1. The molecule has 2 nitrogen and oxygen atoms in total. The van der Waals surface area contributed by atoms with E-state index in [2.05, 4.69) is 20.9 Å². The molecule has 0 spiro atoms. The van der Waals surface area contributed by atoms with Gasteiger partial charge in [-0.15, -0.1) is 11.3 Å². The molecule has 0 radical (unpaired) electrons. The Balaban J connectivity index is 2.02. The van der Waals surface area contributed by atoms with Gasteiger partial charge in [0.25, 0.3) is 0 Å². The second-order valence-electron chi connectivity index (χ2n) is 3.11. The first-order valence-electron chi connectivity index (χ1n) is 4.54. The summed E-state index contributed by atoms with van der Waals surface area (Å²) >= 11 is 4.97. The summed E-state index contributed by atoms with van der Waals surface area (Å²) in [4.78, 5) is 4.21. The Morgan fingerprint density at radius 2 is 2.20 bits per heavy atom. The molecule has 1 heterocycles. The Hall–Kier alpha value is -0.870. The van der Waals surface area contributed by atoms with E-state index < -0.39 is 0 Å². The van der Waals surface area contributed by atoms with E-state index in [0.717, 1.165) is 20.1 Å². The zero-order chi connectivity index (χ0) is 10.7. The summed E-state index contributed by atoms with van der Waals surface area (Å²) in [5.41, 5.74) is 1.15. The fourth-order valence-corrected chi connectivity index (χ4v) is 2.43. The molecule has 0 saturated heterocycles. The van der Waals surface area contributed by atoms with E-state index in [1.807, 2.05) is 31.2 Å². The van der Waals surface area contributed by atoms with E-state index in [0.29, 0.717) is 6.61 Å². The van der Waals surface area contributed by atoms with E-state index >= 15 is 0 Å². The Morgan fingerprint density at radius 1 is 1.40 bits per heavy atom. The average molecular weight is 284 g/mol. The minimum absolute atomic E-state index is 0.529. The number of aromatic nitrogens is 1. The number of ether oxygens (including phenoxy) is 1. The third-order valence-corrected chi connectivity index (χ3v) is 3.42. The molecule has 0 N–H and O–H groups in total. The lowest BCUT2D eigenvalue weighted by Crippen LogP contribution is -1.95. The molecule has 0 aliphatic heterocycles. The summed E-state index contributed by atoms with van der Waals surface area (Å²) in [5, 5.41) is 0.977. The molecule has 0 unspecified atom stereocenters. The van der Waals surface area contributed by atoms with Crippen molar-refractivity contribution >= 4 is 27.3 Å². The van der Waals surface area contributed by atoms with E-state index in [4.69, 9.17) is 4.74 Å². The van der Waals surface area contributed by atoms with Crippen molar-refractivity contribution in [3.8, 4) is 5.75 Å². The minimum Gasteiger partial charge on any atom is -0.486 e. The monoisotopic (exact) mass is 283 g/mol. The van der Waals surface area contributed by atoms with Crippen molar-refractivity contribution in [3.05, 3.63) is 44.8 Å². The van der Waals surface area contributed by atoms with E-state index in [9.17, 15) is 0 Å². The molecule has 0 amide bonds. The van der Waals surface area contributed by atoms with Crippen molar-refractivity contribution in [1.82, 2.24) is 4.98 Å². The van der Waals surface area contributed by atoms with Crippen LogP contribution in [0.1, 0.15) is 10.6 Å². The quantitative estimate of drug-likeness (QED) is 0.855. The van der Waals surface area contributed by atoms with Crippen molar-refractivity contribution in [2.75, 3.05) is 0 Å². The van der Waals surface area contributed by atoms with Gasteiger partial charge in [0.1, 0.15) is 17.4 Å². The second-order valence-corrected chi connectivity index (χ2v) is 5.61. The zero-order valence-electron chi connectivity index (χ0n) is 8.24. The SMILES string of the molecule is Cc1ccccc1OCc1ncc(Br)s1. The van der Waals surface area contributed by atoms with Gasteiger partial charge in [0.2, 0.25) is 0 Å². The molecule has 4 heteroatoms. The number of hydrogen-bond acceptors (Lipinski definition) is 3. The molecule has 0 atom stereocenters. The van der Waals surface area contributed by atoms with Gasteiger partial charge in [-0.1, -0.05) is 18.2 Å². The van der Waals surface area contributed by atoms with Crippen molar-refractivity contribution < 1.29 is 4.74 Å². The number of para-hydroxylation sites is 1. The van der Waals surface area contributed by atoms with Crippen LogP contribution in [0.25, 0.3) is 0 Å². The molecular weight excluding hydrogens is 274 g/mol. The average Bonchev–Trinajstić information content (AvgIpc) is 2.63. The van der Waals surface area contributed by atoms with E-state index in [-0.39, 0.29) is 0 Å². The maximum absolute atomic E-state index is 5.66. The predicted molar refractivity (Wildman–Crippen MR) is 65.3 cm³/mol. The Labute approximate surface area is 101 Å². The number of aryl methyl sites for hydroxylation is 1. The highest BCUT2D eigenvalue weighted by molar-refractivity contribution is 9.11. The highest BCUT2D eigenvalue weighted by Crippen LogP contribution is 2.22. The lowest BCUT2D eigenvalue weighted by atomic mass is 10.2. The molecule has 0 fully saturated rings. The summed E-state index contributed by atoms with van der Waals surface area (Å²) in [6.07, 6.45) is 1.79. The molecular formula is C11H10BrNOS. The molecule has 2 aromatic rings. The van der Waals surface area contributed by atoms with Crippen molar-refractivity contribution in [3.63, 3.8) is 0 Å². The summed E-state index contributed by atoms with van der Waals surface area (Å²) in [6.45, 7) is 2.56. The lowest BCUT2D eigenvalue weighted by Gasteiger charge is -2.06. The van der Waals surface area contributed by atoms with Gasteiger partial charge in [-0.2, -0.15) is 0 Å². The van der Waals surface area contributed by atoms with Crippen LogP contribution in [0.5, 0.6) is 5.75 Å². The third-order valence-electron chi connectivity index (χ3n) is 1.97. The van der Waals surface area contributed by atoms with Crippen LogP contribution in [0.15, 0.2) is 34.2 Å². The fraction of sp³-hybridized carbons (Fsp3) is 0.182. The maximum atomic E-state index is 5.66. The standard InChI is InChI=1S/C11H10BrNOS/c1-8-4-2-3-5-9(8)14-7-11-13-6-10(12)15-11/h2-6H,7H2,1H3. The van der Waals surface area contributed by atoms with Crippen LogP contribution in [-0.2, 0) is 6.61 Å². The topological polar surface area (TPSA) is 22.1 Å². The Morgan fingerprint density at radius 3 is 2.87 bits per heavy atom. The molecule has 0 saturated carbocycles. The van der Waals surface area contributed by atoms with Crippen LogP contribution < -0.4 is 4.74 Å². The molecule has 78 valence electrons. The molecule has 0 aliphatic carbocycles. The largest absolute Gasteiger partial charge is 0.486 e. The van der Waals surface area contributed by atoms with Gasteiger partial charge >= 0.3 is 0 Å².